The van der Waals surface area contributed by atoms with Crippen molar-refractivity contribution in [2.24, 2.45) is 0 Å². The summed E-state index contributed by atoms with van der Waals surface area (Å²) in [6.45, 7) is 0.226. The van der Waals surface area contributed by atoms with Crippen molar-refractivity contribution < 1.29 is 14.3 Å². The Kier molecular flexibility index (Phi) is 4.37. The summed E-state index contributed by atoms with van der Waals surface area (Å²) in [6.07, 6.45) is 2.83. The molecule has 0 aliphatic heterocycles. The fourth-order valence-corrected chi connectivity index (χ4v) is 3.62. The third kappa shape index (κ3) is 2.84. The Bertz CT molecular complexity index is 963. The molecular formula is C22H18N2O3. The first kappa shape index (κ1) is 16.9. The van der Waals surface area contributed by atoms with Gasteiger partial charge in [0.2, 0.25) is 0 Å². The summed E-state index contributed by atoms with van der Waals surface area (Å²) in [5.74, 6) is 2.46. The van der Waals surface area contributed by atoms with Crippen LogP contribution in [-0.4, -0.2) is 24.6 Å². The molecule has 5 nitrogen and oxygen atoms in total. The van der Waals surface area contributed by atoms with Crippen molar-refractivity contribution in [2.45, 2.75) is 5.54 Å². The molecule has 2 aromatic carbocycles. The lowest BCUT2D eigenvalue weighted by molar-refractivity contribution is 0.206. The molecule has 0 saturated carbocycles. The average molecular weight is 358 g/mol. The zero-order valence-electron chi connectivity index (χ0n) is 14.8. The number of ether oxygens (including phenoxy) is 2. The molecule has 5 heteroatoms. The van der Waals surface area contributed by atoms with Crippen LogP contribution in [0.15, 0.2) is 73.1 Å². The molecule has 0 saturated heterocycles. The molecule has 0 radical (unpaired) electrons. The topological polar surface area (TPSA) is 60.5 Å². The highest BCUT2D eigenvalue weighted by molar-refractivity contribution is 5.80. The van der Waals surface area contributed by atoms with Crippen molar-refractivity contribution in [3.63, 3.8) is 0 Å². The Morgan fingerprint density at radius 3 is 2.63 bits per heavy atom. The first-order valence-electron chi connectivity index (χ1n) is 8.57. The second kappa shape index (κ2) is 6.98. The van der Waals surface area contributed by atoms with Crippen LogP contribution in [0.5, 0.6) is 5.75 Å². The minimum atomic E-state index is -0.678. The second-order valence-electron chi connectivity index (χ2n) is 6.25. The van der Waals surface area contributed by atoms with Crippen molar-refractivity contribution in [3.8, 4) is 17.0 Å². The number of nitrogens with zero attached hydrogens (tertiary/aromatic N) is 1. The maximum Gasteiger partial charge on any atom is 0.166 e. The Hall–Kier alpha value is -3.56. The van der Waals surface area contributed by atoms with Crippen molar-refractivity contribution in [3.05, 3.63) is 84.2 Å². The monoisotopic (exact) mass is 358 g/mol. The lowest BCUT2D eigenvalue weighted by Gasteiger charge is -2.33. The van der Waals surface area contributed by atoms with Crippen molar-refractivity contribution >= 4 is 11.6 Å². The van der Waals surface area contributed by atoms with Crippen molar-refractivity contribution in [1.29, 1.82) is 0 Å². The normalized spacial score (nSPS) is 16.6. The Labute approximate surface area is 157 Å². The summed E-state index contributed by atoms with van der Waals surface area (Å²) >= 11 is 0. The molecule has 0 amide bonds. The van der Waals surface area contributed by atoms with Gasteiger partial charge in [0.05, 0.1) is 12.8 Å². The number of hydrogen-bond donors (Lipinski definition) is 1. The molecule has 0 spiro atoms. The standard InChI is InChI=1S/C22H18N2O3/c1-26-17-10-8-16(9-11-17)24-22(15-27-14-13-25)19-6-3-2-5-18(19)21-20(22)7-4-12-23-21/h2-12,14,24H,15H2,1H3. The van der Waals surface area contributed by atoms with Gasteiger partial charge in [-0.2, -0.15) is 0 Å². The average Bonchev–Trinajstić information content (AvgIpc) is 3.00. The predicted octanol–water partition coefficient (Wildman–Crippen LogP) is 3.79. The highest BCUT2D eigenvalue weighted by Crippen LogP contribution is 2.48. The molecule has 1 N–H and O–H groups in total. The quantitative estimate of drug-likeness (QED) is 0.537. The lowest BCUT2D eigenvalue weighted by Crippen LogP contribution is -2.39. The fourth-order valence-electron chi connectivity index (χ4n) is 3.62. The van der Waals surface area contributed by atoms with Gasteiger partial charge in [-0.15, -0.1) is 0 Å². The van der Waals surface area contributed by atoms with E-state index in [1.54, 1.807) is 19.2 Å². The summed E-state index contributed by atoms with van der Waals surface area (Å²) in [5.41, 5.74) is 4.24. The van der Waals surface area contributed by atoms with E-state index < -0.39 is 5.54 Å². The van der Waals surface area contributed by atoms with Gasteiger partial charge in [-0.25, -0.2) is 4.79 Å². The summed E-state index contributed by atoms with van der Waals surface area (Å²) < 4.78 is 10.8. The van der Waals surface area contributed by atoms with Gasteiger partial charge in [0.25, 0.3) is 0 Å². The zero-order chi connectivity index (χ0) is 18.7. The highest BCUT2D eigenvalue weighted by Gasteiger charge is 2.44. The van der Waals surface area contributed by atoms with Crippen LogP contribution in [0.2, 0.25) is 0 Å². The van der Waals surface area contributed by atoms with E-state index in [4.69, 9.17) is 9.47 Å². The first-order chi connectivity index (χ1) is 13.3. The van der Waals surface area contributed by atoms with E-state index in [-0.39, 0.29) is 6.61 Å². The molecule has 27 heavy (non-hydrogen) atoms. The predicted molar refractivity (Wildman–Crippen MR) is 103 cm³/mol. The summed E-state index contributed by atoms with van der Waals surface area (Å²) in [4.78, 5) is 15.2. The van der Waals surface area contributed by atoms with E-state index >= 15 is 0 Å². The van der Waals surface area contributed by atoms with Gasteiger partial charge in [0.1, 0.15) is 17.9 Å². The number of fused-ring (bicyclic) bond motifs is 3. The first-order valence-corrected chi connectivity index (χ1v) is 8.57. The van der Waals surface area contributed by atoms with Gasteiger partial charge in [0.15, 0.2) is 12.2 Å². The van der Waals surface area contributed by atoms with Crippen molar-refractivity contribution in [1.82, 2.24) is 4.98 Å². The van der Waals surface area contributed by atoms with Crippen LogP contribution >= 0.6 is 0 Å². The van der Waals surface area contributed by atoms with Crippen LogP contribution in [0.1, 0.15) is 11.1 Å². The molecule has 4 rings (SSSR count). The smallest absolute Gasteiger partial charge is 0.166 e. The maximum absolute atomic E-state index is 10.7. The number of hydrogen-bond acceptors (Lipinski definition) is 5. The van der Waals surface area contributed by atoms with E-state index in [9.17, 15) is 4.79 Å². The van der Waals surface area contributed by atoms with Crippen molar-refractivity contribution in [2.75, 3.05) is 19.0 Å². The molecule has 1 aliphatic rings. The van der Waals surface area contributed by atoms with Gasteiger partial charge in [0, 0.05) is 23.0 Å². The molecule has 1 aliphatic carbocycles. The molecular weight excluding hydrogens is 340 g/mol. The SMILES string of the molecule is COc1ccc(NC2(COC=C=O)c3ccccc3-c3ncccc32)cc1. The van der Waals surface area contributed by atoms with Crippen LogP contribution in [0, 0.1) is 0 Å². The zero-order valence-corrected chi connectivity index (χ0v) is 14.8. The van der Waals surface area contributed by atoms with Crippen LogP contribution in [0.25, 0.3) is 11.3 Å². The van der Waals surface area contributed by atoms with E-state index in [0.717, 1.165) is 40.1 Å². The molecule has 3 aromatic rings. The summed E-state index contributed by atoms with van der Waals surface area (Å²) in [6, 6.07) is 19.7. The molecule has 1 aromatic heterocycles. The Morgan fingerprint density at radius 2 is 1.85 bits per heavy atom. The maximum atomic E-state index is 10.7. The number of benzene rings is 2. The Balaban J connectivity index is 1.86. The number of carbonyl (C=O) groups excluding carboxylic acids is 1. The molecule has 1 atom stereocenters. The van der Waals surface area contributed by atoms with Gasteiger partial charge in [-0.1, -0.05) is 30.3 Å². The lowest BCUT2D eigenvalue weighted by atomic mass is 9.88. The third-order valence-electron chi connectivity index (χ3n) is 4.79. The minimum Gasteiger partial charge on any atom is -0.497 e. The van der Waals surface area contributed by atoms with E-state index in [1.165, 1.54) is 0 Å². The Morgan fingerprint density at radius 1 is 1.07 bits per heavy atom. The number of nitrogens with one attached hydrogen (secondary N) is 1. The molecule has 0 bridgehead atoms. The molecule has 0 fully saturated rings. The van der Waals surface area contributed by atoms with Crippen LogP contribution in [0.4, 0.5) is 5.69 Å². The highest BCUT2D eigenvalue weighted by atomic mass is 16.5. The number of rotatable bonds is 6. The largest absolute Gasteiger partial charge is 0.497 e. The number of aromatic nitrogens is 1. The molecule has 134 valence electrons. The number of anilines is 1. The van der Waals surface area contributed by atoms with Crippen LogP contribution < -0.4 is 10.1 Å². The minimum absolute atomic E-state index is 0.226. The van der Waals surface area contributed by atoms with Crippen LogP contribution in [0.3, 0.4) is 0 Å². The van der Waals surface area contributed by atoms with Gasteiger partial charge in [-0.3, -0.25) is 4.98 Å². The fraction of sp³-hybridized carbons (Fsp3) is 0.136. The summed E-state index contributed by atoms with van der Waals surface area (Å²) in [5, 5.41) is 3.61. The number of methoxy groups -OCH3 is 1. The summed E-state index contributed by atoms with van der Waals surface area (Å²) in [7, 11) is 1.64. The van der Waals surface area contributed by atoms with Gasteiger partial charge in [-0.05, 0) is 35.9 Å². The number of pyridine rings is 1. The molecule has 1 unspecified atom stereocenters. The second-order valence-corrected chi connectivity index (χ2v) is 6.25. The van der Waals surface area contributed by atoms with Crippen LogP contribution in [-0.2, 0) is 15.1 Å². The van der Waals surface area contributed by atoms with E-state index in [1.807, 2.05) is 54.6 Å². The van der Waals surface area contributed by atoms with Gasteiger partial charge >= 0.3 is 0 Å². The van der Waals surface area contributed by atoms with Gasteiger partial charge < -0.3 is 14.8 Å². The van der Waals surface area contributed by atoms with E-state index in [0.29, 0.717) is 0 Å². The third-order valence-corrected chi connectivity index (χ3v) is 4.79. The van der Waals surface area contributed by atoms with E-state index in [2.05, 4.69) is 16.4 Å². The molecule has 1 heterocycles.